The fourth-order valence-corrected chi connectivity index (χ4v) is 4.52. The number of nitrogens with one attached hydrogen (secondary N) is 1. The van der Waals surface area contributed by atoms with Crippen molar-refractivity contribution in [2.24, 2.45) is 0 Å². The monoisotopic (exact) mass is 464 g/mol. The Labute approximate surface area is 180 Å². The van der Waals surface area contributed by atoms with Crippen molar-refractivity contribution in [1.29, 1.82) is 0 Å². The summed E-state index contributed by atoms with van der Waals surface area (Å²) in [5.41, 5.74) is 3.52. The van der Waals surface area contributed by atoms with Crippen molar-refractivity contribution >= 4 is 39.1 Å². The van der Waals surface area contributed by atoms with Crippen molar-refractivity contribution in [1.82, 2.24) is 4.90 Å². The molecule has 1 aliphatic rings. The van der Waals surface area contributed by atoms with Gasteiger partial charge in [-0.1, -0.05) is 31.5 Å². The number of fused-ring (bicyclic) bond motifs is 1. The highest BCUT2D eigenvalue weighted by Crippen LogP contribution is 2.39. The minimum absolute atomic E-state index is 0.0195. The zero-order chi connectivity index (χ0) is 20.6. The van der Waals surface area contributed by atoms with Crippen LogP contribution in [0.15, 0.2) is 34.8 Å². The highest BCUT2D eigenvalue weighted by Gasteiger charge is 2.32. The molecule has 2 aromatic rings. The molecule has 1 amide bonds. The lowest BCUT2D eigenvalue weighted by Crippen LogP contribution is -2.40. The summed E-state index contributed by atoms with van der Waals surface area (Å²) in [4.78, 5) is 15.0. The first kappa shape index (κ1) is 21.2. The molecule has 2 aromatic carbocycles. The third-order valence-electron chi connectivity index (χ3n) is 4.87. The van der Waals surface area contributed by atoms with Gasteiger partial charge < -0.3 is 15.0 Å². The van der Waals surface area contributed by atoms with Crippen LogP contribution >= 0.6 is 27.5 Å². The second-order valence-electron chi connectivity index (χ2n) is 8.28. The molecule has 0 spiro atoms. The highest BCUT2D eigenvalue weighted by molar-refractivity contribution is 9.10. The van der Waals surface area contributed by atoms with Crippen molar-refractivity contribution in [3.63, 3.8) is 0 Å². The molecule has 4 nitrogen and oxygen atoms in total. The summed E-state index contributed by atoms with van der Waals surface area (Å²) in [6.07, 6.45) is 0.0626. The quantitative estimate of drug-likeness (QED) is 0.614. The molecular weight excluding hydrogens is 440 g/mol. The number of hydrogen-bond acceptors (Lipinski definition) is 3. The Balaban J connectivity index is 1.85. The minimum atomic E-state index is -0.206. The smallest absolute Gasteiger partial charge is 0.255 e. The first-order valence-electron chi connectivity index (χ1n) is 9.36. The number of rotatable bonds is 4. The summed E-state index contributed by atoms with van der Waals surface area (Å²) in [7, 11) is 2.09. The number of nitrogens with zero attached hydrogens (tertiary/aromatic N) is 1. The molecule has 0 aliphatic carbocycles. The number of carbonyl (C=O) groups is 1. The van der Waals surface area contributed by atoms with Gasteiger partial charge in [-0.05, 0) is 72.2 Å². The topological polar surface area (TPSA) is 41.6 Å². The largest absolute Gasteiger partial charge is 0.490 e. The number of hydrogen-bond donors (Lipinski definition) is 1. The second-order valence-corrected chi connectivity index (χ2v) is 9.51. The Morgan fingerprint density at radius 3 is 2.64 bits per heavy atom. The van der Waals surface area contributed by atoms with Crippen LogP contribution in [0.4, 0.5) is 5.69 Å². The van der Waals surface area contributed by atoms with Crippen molar-refractivity contribution in [3.05, 3.63) is 56.5 Å². The SMILES string of the molecule is CC(C)Oc1ccc(C(=O)Nc2ccc3c(c2Cl)CN(C)CC3(C)C)cc1Br. The van der Waals surface area contributed by atoms with E-state index in [1.807, 2.05) is 19.9 Å². The molecule has 3 rings (SSSR count). The fraction of sp³-hybridized carbons (Fsp3) is 0.409. The van der Waals surface area contributed by atoms with Crippen LogP contribution in [0.1, 0.15) is 49.2 Å². The van der Waals surface area contributed by atoms with Gasteiger partial charge in [0, 0.05) is 24.1 Å². The Bertz CT molecular complexity index is 912. The van der Waals surface area contributed by atoms with E-state index in [-0.39, 0.29) is 17.4 Å². The van der Waals surface area contributed by atoms with Gasteiger partial charge in [0.2, 0.25) is 0 Å². The minimum Gasteiger partial charge on any atom is -0.490 e. The molecular formula is C22H26BrClN2O2. The number of anilines is 1. The summed E-state index contributed by atoms with van der Waals surface area (Å²) in [6.45, 7) is 10.1. The van der Waals surface area contributed by atoms with Gasteiger partial charge >= 0.3 is 0 Å². The van der Waals surface area contributed by atoms with E-state index in [4.69, 9.17) is 16.3 Å². The summed E-state index contributed by atoms with van der Waals surface area (Å²) in [5.74, 6) is 0.505. The first-order chi connectivity index (χ1) is 13.1. The molecule has 0 saturated carbocycles. The number of ether oxygens (including phenoxy) is 1. The van der Waals surface area contributed by atoms with Crippen molar-refractivity contribution in [3.8, 4) is 5.75 Å². The average molecular weight is 466 g/mol. The van der Waals surface area contributed by atoms with Crippen molar-refractivity contribution in [2.45, 2.75) is 45.8 Å². The predicted molar refractivity (Wildman–Crippen MR) is 119 cm³/mol. The molecule has 150 valence electrons. The Morgan fingerprint density at radius 1 is 1.29 bits per heavy atom. The van der Waals surface area contributed by atoms with Crippen LogP contribution in [0.3, 0.4) is 0 Å². The van der Waals surface area contributed by atoms with Crippen LogP contribution < -0.4 is 10.1 Å². The van der Waals surface area contributed by atoms with E-state index in [1.165, 1.54) is 5.56 Å². The van der Waals surface area contributed by atoms with Gasteiger partial charge in [0.1, 0.15) is 5.75 Å². The van der Waals surface area contributed by atoms with Gasteiger partial charge in [0.05, 0.1) is 21.3 Å². The maximum atomic E-state index is 12.8. The summed E-state index contributed by atoms with van der Waals surface area (Å²) >= 11 is 10.2. The summed E-state index contributed by atoms with van der Waals surface area (Å²) in [6, 6.07) is 9.29. The van der Waals surface area contributed by atoms with Crippen molar-refractivity contribution < 1.29 is 9.53 Å². The second kappa shape index (κ2) is 8.05. The van der Waals surface area contributed by atoms with E-state index in [0.717, 1.165) is 23.1 Å². The van der Waals surface area contributed by atoms with E-state index in [1.54, 1.807) is 18.2 Å². The molecule has 1 aliphatic heterocycles. The van der Waals surface area contributed by atoms with E-state index < -0.39 is 0 Å². The van der Waals surface area contributed by atoms with Crippen LogP contribution in [-0.2, 0) is 12.0 Å². The third kappa shape index (κ3) is 4.37. The van der Waals surface area contributed by atoms with Gasteiger partial charge in [-0.2, -0.15) is 0 Å². The maximum Gasteiger partial charge on any atom is 0.255 e. The van der Waals surface area contributed by atoms with E-state index in [9.17, 15) is 4.79 Å². The van der Waals surface area contributed by atoms with Crippen LogP contribution in [0.5, 0.6) is 5.75 Å². The van der Waals surface area contributed by atoms with E-state index >= 15 is 0 Å². The van der Waals surface area contributed by atoms with Gasteiger partial charge in [-0.3, -0.25) is 4.79 Å². The Hall–Kier alpha value is -1.56. The lowest BCUT2D eigenvalue weighted by atomic mass is 9.78. The average Bonchev–Trinajstić information content (AvgIpc) is 2.58. The number of halogens is 2. The molecule has 0 saturated heterocycles. The normalized spacial score (nSPS) is 16.0. The summed E-state index contributed by atoms with van der Waals surface area (Å²) in [5, 5.41) is 3.57. The standard InChI is InChI=1S/C22H26BrClN2O2/c1-13(2)28-19-9-6-14(10-17(19)23)21(27)25-18-8-7-16-15(20(18)24)11-26(5)12-22(16,3)4/h6-10,13H,11-12H2,1-5H3,(H,25,27). The molecule has 1 N–H and O–H groups in total. The third-order valence-corrected chi connectivity index (χ3v) is 5.92. The molecule has 0 aromatic heterocycles. The fourth-order valence-electron chi connectivity index (χ4n) is 3.78. The molecule has 6 heteroatoms. The molecule has 0 radical (unpaired) electrons. The van der Waals surface area contributed by atoms with Crippen LogP contribution in [0.2, 0.25) is 5.02 Å². The predicted octanol–water partition coefficient (Wildman–Crippen LogP) is 5.87. The first-order valence-corrected chi connectivity index (χ1v) is 10.5. The van der Waals surface area contributed by atoms with Crippen LogP contribution in [-0.4, -0.2) is 30.5 Å². The van der Waals surface area contributed by atoms with Gasteiger partial charge in [-0.25, -0.2) is 0 Å². The lowest BCUT2D eigenvalue weighted by molar-refractivity contribution is 0.102. The number of carbonyl (C=O) groups excluding carboxylic acids is 1. The number of amides is 1. The zero-order valence-corrected chi connectivity index (χ0v) is 19.2. The van der Waals surface area contributed by atoms with Crippen molar-refractivity contribution in [2.75, 3.05) is 18.9 Å². The summed E-state index contributed by atoms with van der Waals surface area (Å²) < 4.78 is 6.45. The molecule has 0 fully saturated rings. The van der Waals surface area contributed by atoms with Gasteiger partial charge in [0.15, 0.2) is 0 Å². The van der Waals surface area contributed by atoms with Crippen LogP contribution in [0, 0.1) is 0 Å². The Kier molecular flexibility index (Phi) is 6.08. The van der Waals surface area contributed by atoms with E-state index in [2.05, 4.69) is 53.1 Å². The molecule has 0 bridgehead atoms. The highest BCUT2D eigenvalue weighted by atomic mass is 79.9. The number of likely N-dealkylation sites (N-methyl/N-ethyl adjacent to an activating group) is 1. The number of benzene rings is 2. The molecule has 0 unspecified atom stereocenters. The van der Waals surface area contributed by atoms with Crippen LogP contribution in [0.25, 0.3) is 0 Å². The van der Waals surface area contributed by atoms with E-state index in [0.29, 0.717) is 22.0 Å². The van der Waals surface area contributed by atoms with Gasteiger partial charge in [-0.15, -0.1) is 0 Å². The Morgan fingerprint density at radius 2 is 2.00 bits per heavy atom. The molecule has 1 heterocycles. The lowest BCUT2D eigenvalue weighted by Gasteiger charge is -2.39. The molecule has 0 atom stereocenters. The zero-order valence-electron chi connectivity index (χ0n) is 16.9. The maximum absolute atomic E-state index is 12.8. The molecule has 28 heavy (non-hydrogen) atoms. The van der Waals surface area contributed by atoms with Gasteiger partial charge in [0.25, 0.3) is 5.91 Å².